The molecule has 0 atom stereocenters. The summed E-state index contributed by atoms with van der Waals surface area (Å²) in [6.45, 7) is 7.39. The fourth-order valence-corrected chi connectivity index (χ4v) is 0.655. The Balaban J connectivity index is -0.000000235. The van der Waals surface area contributed by atoms with Gasteiger partial charge in [-0.3, -0.25) is 0 Å². The van der Waals surface area contributed by atoms with Crippen molar-refractivity contribution in [1.29, 1.82) is 0 Å². The summed E-state index contributed by atoms with van der Waals surface area (Å²) >= 11 is 0. The first-order valence-electron chi connectivity index (χ1n) is 6.10. The van der Waals surface area contributed by atoms with Gasteiger partial charge in [0.1, 0.15) is 0 Å². The van der Waals surface area contributed by atoms with Gasteiger partial charge in [0, 0.05) is 27.4 Å². The summed E-state index contributed by atoms with van der Waals surface area (Å²) in [5, 5.41) is 16.5. The van der Waals surface area contributed by atoms with Gasteiger partial charge in [-0.15, -0.1) is 0 Å². The van der Waals surface area contributed by atoms with Crippen LogP contribution in [0.5, 0.6) is 0 Å². The van der Waals surface area contributed by atoms with Crippen molar-refractivity contribution in [2.24, 2.45) is 0 Å². The van der Waals surface area contributed by atoms with Crippen LogP contribution >= 0.6 is 0 Å². The van der Waals surface area contributed by atoms with E-state index in [0.717, 1.165) is 13.2 Å². The number of hydrogen-bond donors (Lipinski definition) is 2. The van der Waals surface area contributed by atoms with Gasteiger partial charge in [-0.1, -0.05) is 0 Å². The van der Waals surface area contributed by atoms with Crippen LogP contribution in [0.25, 0.3) is 0 Å². The van der Waals surface area contributed by atoms with Crippen molar-refractivity contribution in [1.82, 2.24) is 0 Å². The largest absolute Gasteiger partial charge is 0.394 e. The highest BCUT2D eigenvalue weighted by Crippen LogP contribution is 1.76. The highest BCUT2D eigenvalue weighted by Gasteiger charge is 1.86. The van der Waals surface area contributed by atoms with E-state index in [9.17, 15) is 0 Å². The quantitative estimate of drug-likeness (QED) is 0.587. The molecule has 18 heavy (non-hydrogen) atoms. The lowest BCUT2D eigenvalue weighted by molar-refractivity contribution is 0.0222. The lowest BCUT2D eigenvalue weighted by Gasteiger charge is -2.01. The number of aliphatic hydroxyl groups is 2. The molecule has 0 aromatic heterocycles. The second-order valence-electron chi connectivity index (χ2n) is 2.86. The van der Waals surface area contributed by atoms with Crippen LogP contribution < -0.4 is 0 Å². The Bertz CT molecular complexity index is 92.6. The SMILES string of the molecule is CCOCC.COC.OCCOCCOCCO. The van der Waals surface area contributed by atoms with E-state index in [4.69, 9.17) is 24.4 Å². The Morgan fingerprint density at radius 2 is 1.00 bits per heavy atom. The third-order valence-corrected chi connectivity index (χ3v) is 1.25. The van der Waals surface area contributed by atoms with E-state index in [1.165, 1.54) is 0 Å². The van der Waals surface area contributed by atoms with Gasteiger partial charge in [0.25, 0.3) is 0 Å². The molecule has 114 valence electrons. The molecule has 0 radical (unpaired) electrons. The number of hydrogen-bond acceptors (Lipinski definition) is 6. The van der Waals surface area contributed by atoms with Gasteiger partial charge in [0.2, 0.25) is 0 Å². The molecule has 0 bridgehead atoms. The predicted octanol–water partition coefficient (Wildman–Crippen LogP) is 0.310. The zero-order valence-electron chi connectivity index (χ0n) is 12.2. The molecule has 0 spiro atoms. The van der Waals surface area contributed by atoms with Crippen molar-refractivity contribution in [2.75, 3.05) is 67.1 Å². The fraction of sp³-hybridized carbons (Fsp3) is 1.00. The van der Waals surface area contributed by atoms with E-state index in [-0.39, 0.29) is 13.2 Å². The molecule has 0 aromatic carbocycles. The van der Waals surface area contributed by atoms with Gasteiger partial charge in [-0.2, -0.15) is 0 Å². The van der Waals surface area contributed by atoms with Crippen LogP contribution in [0.3, 0.4) is 0 Å². The van der Waals surface area contributed by atoms with Crippen LogP contribution in [0.15, 0.2) is 0 Å². The van der Waals surface area contributed by atoms with E-state index in [1.54, 1.807) is 14.2 Å². The number of aliphatic hydroxyl groups excluding tert-OH is 2. The van der Waals surface area contributed by atoms with Crippen LogP contribution in [0.2, 0.25) is 0 Å². The predicted molar refractivity (Wildman–Crippen MR) is 70.9 cm³/mol. The lowest BCUT2D eigenvalue weighted by Crippen LogP contribution is -2.09. The molecule has 0 aliphatic heterocycles. The van der Waals surface area contributed by atoms with Gasteiger partial charge in [-0.05, 0) is 13.8 Å². The minimum Gasteiger partial charge on any atom is -0.394 e. The van der Waals surface area contributed by atoms with Gasteiger partial charge < -0.3 is 29.2 Å². The summed E-state index contributed by atoms with van der Waals surface area (Å²) in [5.74, 6) is 0. The standard InChI is InChI=1S/C6H14O4.C4H10O.C2H6O/c7-1-3-9-5-6-10-4-2-8;1-3-5-4-2;1-3-2/h7-8H,1-6H2;3-4H2,1-2H3;1-2H3. The Hall–Kier alpha value is -0.240. The fourth-order valence-electron chi connectivity index (χ4n) is 0.655. The highest BCUT2D eigenvalue weighted by atomic mass is 16.5. The second kappa shape index (κ2) is 30.1. The molecule has 0 aliphatic rings. The molecule has 0 amide bonds. The molecule has 0 rings (SSSR count). The lowest BCUT2D eigenvalue weighted by atomic mass is 10.7. The second-order valence-corrected chi connectivity index (χ2v) is 2.86. The van der Waals surface area contributed by atoms with Gasteiger partial charge in [0.05, 0.1) is 39.6 Å². The average molecular weight is 270 g/mol. The van der Waals surface area contributed by atoms with Crippen molar-refractivity contribution in [3.63, 3.8) is 0 Å². The third kappa shape index (κ3) is 44.7. The maximum Gasteiger partial charge on any atom is 0.0701 e. The number of ether oxygens (including phenoxy) is 4. The Kier molecular flexibility index (Phi) is 38.3. The molecule has 0 heterocycles. The normalized spacial score (nSPS) is 9.00. The average Bonchev–Trinajstić information content (AvgIpc) is 2.36. The maximum atomic E-state index is 8.26. The van der Waals surface area contributed by atoms with E-state index in [0.29, 0.717) is 26.4 Å². The Morgan fingerprint density at radius 1 is 0.667 bits per heavy atom. The van der Waals surface area contributed by atoms with E-state index in [1.807, 2.05) is 13.8 Å². The molecule has 0 aromatic rings. The van der Waals surface area contributed by atoms with Gasteiger partial charge in [0.15, 0.2) is 0 Å². The molecule has 2 N–H and O–H groups in total. The maximum absolute atomic E-state index is 8.26. The summed E-state index contributed by atoms with van der Waals surface area (Å²) < 4.78 is 18.8. The van der Waals surface area contributed by atoms with Crippen LogP contribution in [0.1, 0.15) is 13.8 Å². The summed E-state index contributed by atoms with van der Waals surface area (Å²) in [6.07, 6.45) is 0. The van der Waals surface area contributed by atoms with E-state index in [2.05, 4.69) is 4.74 Å². The van der Waals surface area contributed by atoms with Crippen LogP contribution in [-0.2, 0) is 18.9 Å². The Labute approximate surface area is 111 Å². The van der Waals surface area contributed by atoms with Crippen molar-refractivity contribution in [3.05, 3.63) is 0 Å². The highest BCUT2D eigenvalue weighted by molar-refractivity contribution is 4.30. The summed E-state index contributed by atoms with van der Waals surface area (Å²) in [6, 6.07) is 0. The summed E-state index contributed by atoms with van der Waals surface area (Å²) in [7, 11) is 3.25. The number of methoxy groups -OCH3 is 1. The van der Waals surface area contributed by atoms with Crippen LogP contribution in [0.4, 0.5) is 0 Å². The Morgan fingerprint density at radius 3 is 1.17 bits per heavy atom. The molecule has 0 unspecified atom stereocenters. The van der Waals surface area contributed by atoms with Gasteiger partial charge in [-0.25, -0.2) is 0 Å². The molecule has 0 saturated heterocycles. The smallest absolute Gasteiger partial charge is 0.0701 e. The molecule has 0 aliphatic carbocycles. The molecule has 6 heteroatoms. The molecular weight excluding hydrogens is 240 g/mol. The van der Waals surface area contributed by atoms with Crippen molar-refractivity contribution >= 4 is 0 Å². The zero-order chi connectivity index (χ0) is 14.5. The molecular formula is C12H30O6. The first-order chi connectivity index (χ1) is 8.74. The van der Waals surface area contributed by atoms with Crippen LogP contribution in [0, 0.1) is 0 Å². The van der Waals surface area contributed by atoms with Gasteiger partial charge >= 0.3 is 0 Å². The molecule has 0 saturated carbocycles. The van der Waals surface area contributed by atoms with Crippen molar-refractivity contribution < 1.29 is 29.2 Å². The van der Waals surface area contributed by atoms with Crippen LogP contribution in [-0.4, -0.2) is 77.3 Å². The summed E-state index contributed by atoms with van der Waals surface area (Å²) in [4.78, 5) is 0. The third-order valence-electron chi connectivity index (χ3n) is 1.25. The minimum absolute atomic E-state index is 0.0417. The van der Waals surface area contributed by atoms with E-state index < -0.39 is 0 Å². The first kappa shape index (κ1) is 22.9. The molecule has 6 nitrogen and oxygen atoms in total. The number of rotatable bonds is 9. The van der Waals surface area contributed by atoms with E-state index >= 15 is 0 Å². The monoisotopic (exact) mass is 270 g/mol. The summed E-state index contributed by atoms with van der Waals surface area (Å²) in [5.41, 5.74) is 0. The van der Waals surface area contributed by atoms with Crippen molar-refractivity contribution in [2.45, 2.75) is 13.8 Å². The van der Waals surface area contributed by atoms with Crippen molar-refractivity contribution in [3.8, 4) is 0 Å². The minimum atomic E-state index is 0.0417. The first-order valence-corrected chi connectivity index (χ1v) is 6.10. The zero-order valence-corrected chi connectivity index (χ0v) is 12.2. The molecule has 0 fully saturated rings. The topological polar surface area (TPSA) is 77.4 Å².